The molecule has 156 valence electrons. The summed E-state index contributed by atoms with van der Waals surface area (Å²) in [4.78, 5) is 23.1. The van der Waals surface area contributed by atoms with E-state index in [1.54, 1.807) is 21.1 Å². The summed E-state index contributed by atoms with van der Waals surface area (Å²) in [5, 5.41) is 0. The van der Waals surface area contributed by atoms with Crippen LogP contribution >= 0.6 is 0 Å². The van der Waals surface area contributed by atoms with Gasteiger partial charge in [0, 0.05) is 36.1 Å². The Morgan fingerprint density at radius 2 is 1.77 bits per heavy atom. The van der Waals surface area contributed by atoms with E-state index in [0.29, 0.717) is 18.0 Å². The first-order valence-corrected chi connectivity index (χ1v) is 10.1. The van der Waals surface area contributed by atoms with Gasteiger partial charge in [-0.2, -0.15) is 0 Å². The van der Waals surface area contributed by atoms with E-state index in [1.807, 2.05) is 36.4 Å². The van der Waals surface area contributed by atoms with E-state index < -0.39 is 5.97 Å². The van der Waals surface area contributed by atoms with Crippen molar-refractivity contribution in [1.29, 1.82) is 0 Å². The Balaban J connectivity index is 1.76. The number of carbonyl (C=O) groups is 1. The zero-order valence-electron chi connectivity index (χ0n) is 17.4. The molecule has 30 heavy (non-hydrogen) atoms. The van der Waals surface area contributed by atoms with Crippen molar-refractivity contribution in [3.05, 3.63) is 48.3 Å². The van der Waals surface area contributed by atoms with E-state index in [-0.39, 0.29) is 5.69 Å². The molecule has 0 amide bonds. The minimum atomic E-state index is -0.468. The molecule has 3 aromatic rings. The maximum atomic E-state index is 12.1. The molecule has 1 heterocycles. The number of benzene rings is 2. The molecule has 1 saturated carbocycles. The van der Waals surface area contributed by atoms with Crippen molar-refractivity contribution >= 4 is 28.4 Å². The molecule has 1 fully saturated rings. The van der Waals surface area contributed by atoms with Gasteiger partial charge < -0.3 is 19.1 Å². The maximum Gasteiger partial charge on any atom is 0.358 e. The topological polar surface area (TPSA) is 73.8 Å². The lowest BCUT2D eigenvalue weighted by Crippen LogP contribution is -2.20. The Labute approximate surface area is 175 Å². The van der Waals surface area contributed by atoms with Gasteiger partial charge in [-0.25, -0.2) is 9.78 Å². The molecule has 0 aliphatic heterocycles. The average Bonchev–Trinajstić information content (AvgIpc) is 3.60. The number of hydrogen-bond acceptors (Lipinski definition) is 7. The lowest BCUT2D eigenvalue weighted by Gasteiger charge is -2.26. The third-order valence-electron chi connectivity index (χ3n) is 5.11. The predicted octanol–water partition coefficient (Wildman–Crippen LogP) is 4.37. The van der Waals surface area contributed by atoms with Gasteiger partial charge in [0.15, 0.2) is 5.69 Å². The quantitative estimate of drug-likeness (QED) is 0.513. The highest BCUT2D eigenvalue weighted by atomic mass is 16.5. The van der Waals surface area contributed by atoms with Gasteiger partial charge in [0.25, 0.3) is 0 Å². The summed E-state index contributed by atoms with van der Waals surface area (Å²) in [6, 6.07) is 11.8. The molecule has 1 aliphatic carbocycles. The second kappa shape index (κ2) is 8.57. The fourth-order valence-corrected chi connectivity index (χ4v) is 3.34. The Bertz CT molecular complexity index is 1040. The largest absolute Gasteiger partial charge is 0.497 e. The van der Waals surface area contributed by atoms with Crippen molar-refractivity contribution in [1.82, 2.24) is 9.97 Å². The van der Waals surface area contributed by atoms with Crippen molar-refractivity contribution < 1.29 is 19.0 Å². The highest BCUT2D eigenvalue weighted by molar-refractivity contribution is 5.90. The molecular formula is C23H25N3O4. The summed E-state index contributed by atoms with van der Waals surface area (Å²) in [6.45, 7) is 2.95. The van der Waals surface area contributed by atoms with E-state index in [1.165, 1.54) is 19.0 Å². The third kappa shape index (κ3) is 4.30. The number of methoxy groups -OCH3 is 2. The van der Waals surface area contributed by atoms with Crippen LogP contribution in [0.5, 0.6) is 11.5 Å². The molecular weight excluding hydrogens is 382 g/mol. The van der Waals surface area contributed by atoms with Crippen molar-refractivity contribution in [2.45, 2.75) is 19.8 Å². The molecule has 2 aromatic carbocycles. The highest BCUT2D eigenvalue weighted by Crippen LogP contribution is 2.38. The fourth-order valence-electron chi connectivity index (χ4n) is 3.34. The molecule has 7 nitrogen and oxygen atoms in total. The van der Waals surface area contributed by atoms with Crippen molar-refractivity contribution in [2.75, 3.05) is 32.3 Å². The Morgan fingerprint density at radius 3 is 2.40 bits per heavy atom. The fraction of sp³-hybridized carbons (Fsp3) is 0.348. The first-order chi connectivity index (χ1) is 14.6. The van der Waals surface area contributed by atoms with Crippen LogP contribution in [0.1, 0.15) is 30.3 Å². The Hall–Kier alpha value is -3.35. The van der Waals surface area contributed by atoms with Gasteiger partial charge >= 0.3 is 5.97 Å². The van der Waals surface area contributed by atoms with Crippen LogP contribution < -0.4 is 14.4 Å². The number of anilines is 2. The molecule has 1 aliphatic rings. The number of fused-ring (bicyclic) bond motifs is 1. The van der Waals surface area contributed by atoms with Crippen LogP contribution in [0.4, 0.5) is 11.4 Å². The number of esters is 1. The molecule has 0 N–H and O–H groups in total. The number of nitrogens with zero attached hydrogens (tertiary/aromatic N) is 3. The number of hydrogen-bond donors (Lipinski definition) is 0. The minimum absolute atomic E-state index is 0.207. The van der Waals surface area contributed by atoms with E-state index in [0.717, 1.165) is 34.9 Å². The van der Waals surface area contributed by atoms with Gasteiger partial charge in [-0.3, -0.25) is 4.98 Å². The lowest BCUT2D eigenvalue weighted by molar-refractivity contribution is 0.0519. The van der Waals surface area contributed by atoms with Gasteiger partial charge in [-0.1, -0.05) is 0 Å². The van der Waals surface area contributed by atoms with Crippen LogP contribution in [-0.4, -0.2) is 43.3 Å². The van der Waals surface area contributed by atoms with Crippen LogP contribution in [0.25, 0.3) is 11.0 Å². The standard InChI is InChI=1S/C23H25N3O4/c1-4-30-23(27)22-13-24-20-8-7-16(11-21(20)25-22)26(14-15-5-6-15)17-9-18(28-2)12-19(10-17)29-3/h7-13,15H,4-6,14H2,1-3H3. The Morgan fingerprint density at radius 1 is 1.03 bits per heavy atom. The van der Waals surface area contributed by atoms with Gasteiger partial charge in [-0.15, -0.1) is 0 Å². The second-order valence-corrected chi connectivity index (χ2v) is 7.27. The molecule has 0 radical (unpaired) electrons. The van der Waals surface area contributed by atoms with Crippen LogP contribution in [0, 0.1) is 5.92 Å². The second-order valence-electron chi connectivity index (χ2n) is 7.27. The van der Waals surface area contributed by atoms with E-state index in [2.05, 4.69) is 14.9 Å². The van der Waals surface area contributed by atoms with E-state index in [9.17, 15) is 4.79 Å². The molecule has 0 spiro atoms. The highest BCUT2D eigenvalue weighted by Gasteiger charge is 2.26. The number of carbonyl (C=O) groups excluding carboxylic acids is 1. The Kier molecular flexibility index (Phi) is 5.70. The summed E-state index contributed by atoms with van der Waals surface area (Å²) in [7, 11) is 3.29. The molecule has 0 atom stereocenters. The van der Waals surface area contributed by atoms with Crippen molar-refractivity contribution in [3.63, 3.8) is 0 Å². The number of ether oxygens (including phenoxy) is 3. The number of rotatable bonds is 8. The lowest BCUT2D eigenvalue weighted by atomic mass is 10.2. The maximum absolute atomic E-state index is 12.1. The van der Waals surface area contributed by atoms with Crippen LogP contribution in [0.3, 0.4) is 0 Å². The molecule has 4 rings (SSSR count). The summed E-state index contributed by atoms with van der Waals surface area (Å²) in [5.74, 6) is 1.64. The molecule has 7 heteroatoms. The average molecular weight is 407 g/mol. The first-order valence-electron chi connectivity index (χ1n) is 10.1. The minimum Gasteiger partial charge on any atom is -0.497 e. The zero-order chi connectivity index (χ0) is 21.1. The first kappa shape index (κ1) is 19.9. The molecule has 1 aromatic heterocycles. The summed E-state index contributed by atoms with van der Waals surface area (Å²) < 4.78 is 16.0. The third-order valence-corrected chi connectivity index (χ3v) is 5.11. The van der Waals surface area contributed by atoms with Crippen molar-refractivity contribution in [2.24, 2.45) is 5.92 Å². The van der Waals surface area contributed by atoms with Crippen LogP contribution in [-0.2, 0) is 4.74 Å². The van der Waals surface area contributed by atoms with E-state index >= 15 is 0 Å². The molecule has 0 saturated heterocycles. The van der Waals surface area contributed by atoms with Crippen LogP contribution in [0.2, 0.25) is 0 Å². The molecule has 0 bridgehead atoms. The summed E-state index contributed by atoms with van der Waals surface area (Å²) >= 11 is 0. The van der Waals surface area contributed by atoms with Crippen molar-refractivity contribution in [3.8, 4) is 11.5 Å². The van der Waals surface area contributed by atoms with Gasteiger partial charge in [-0.05, 0) is 43.9 Å². The monoisotopic (exact) mass is 407 g/mol. The summed E-state index contributed by atoms with van der Waals surface area (Å²) in [5.41, 5.74) is 3.53. The zero-order valence-corrected chi connectivity index (χ0v) is 17.4. The number of aromatic nitrogens is 2. The summed E-state index contributed by atoms with van der Waals surface area (Å²) in [6.07, 6.45) is 3.89. The van der Waals surface area contributed by atoms with Crippen LogP contribution in [0.15, 0.2) is 42.6 Å². The van der Waals surface area contributed by atoms with E-state index in [4.69, 9.17) is 14.2 Å². The van der Waals surface area contributed by atoms with Gasteiger partial charge in [0.05, 0.1) is 38.1 Å². The van der Waals surface area contributed by atoms with Gasteiger partial charge in [0.2, 0.25) is 0 Å². The molecule has 0 unspecified atom stereocenters. The smallest absolute Gasteiger partial charge is 0.358 e. The predicted molar refractivity (Wildman–Crippen MR) is 115 cm³/mol. The van der Waals surface area contributed by atoms with Gasteiger partial charge in [0.1, 0.15) is 11.5 Å². The normalized spacial score (nSPS) is 13.2. The SMILES string of the molecule is CCOC(=O)c1cnc2ccc(N(CC3CC3)c3cc(OC)cc(OC)c3)cc2n1.